The Hall–Kier alpha value is -2.83. The fourth-order valence-corrected chi connectivity index (χ4v) is 3.25. The van der Waals surface area contributed by atoms with Crippen LogP contribution < -0.4 is 11.1 Å². The summed E-state index contributed by atoms with van der Waals surface area (Å²) >= 11 is 0. The average Bonchev–Trinajstić information content (AvgIpc) is 2.99. The van der Waals surface area contributed by atoms with E-state index >= 15 is 0 Å². The molecule has 2 rings (SSSR count). The Labute approximate surface area is 173 Å². The van der Waals surface area contributed by atoms with E-state index in [1.807, 2.05) is 19.2 Å². The first-order chi connectivity index (χ1) is 13.7. The fourth-order valence-electron chi connectivity index (χ4n) is 3.25. The van der Waals surface area contributed by atoms with Gasteiger partial charge in [-0.3, -0.25) is 9.67 Å². The van der Waals surface area contributed by atoms with Crippen molar-refractivity contribution in [3.8, 4) is 11.3 Å². The van der Waals surface area contributed by atoms with Crippen LogP contribution in [0.5, 0.6) is 0 Å². The molecule has 0 aliphatic rings. The molecular formula is C22H33N5O2. The van der Waals surface area contributed by atoms with Crippen LogP contribution in [0, 0.1) is 5.41 Å². The molecule has 2 heterocycles. The molecule has 0 bridgehead atoms. The molecule has 2 aromatic rings. The Morgan fingerprint density at radius 1 is 1.45 bits per heavy atom. The minimum absolute atomic E-state index is 0.128. The van der Waals surface area contributed by atoms with Crippen LogP contribution in [0.25, 0.3) is 11.3 Å². The number of nitrogens with zero attached hydrogens (tertiary/aromatic N) is 3. The smallest absolute Gasteiger partial charge is 0.407 e. The van der Waals surface area contributed by atoms with E-state index in [1.54, 1.807) is 23.2 Å². The predicted octanol–water partition coefficient (Wildman–Crippen LogP) is 4.62. The van der Waals surface area contributed by atoms with Crippen LogP contribution in [0.3, 0.4) is 0 Å². The largest absolute Gasteiger partial charge is 0.446 e. The maximum absolute atomic E-state index is 12.6. The summed E-state index contributed by atoms with van der Waals surface area (Å²) in [7, 11) is 1.84. The van der Waals surface area contributed by atoms with Gasteiger partial charge >= 0.3 is 6.09 Å². The van der Waals surface area contributed by atoms with Gasteiger partial charge in [0.05, 0.1) is 29.3 Å². The van der Waals surface area contributed by atoms with Crippen molar-refractivity contribution in [1.82, 2.24) is 20.1 Å². The van der Waals surface area contributed by atoms with Gasteiger partial charge in [-0.1, -0.05) is 40.2 Å². The SMILES string of the molecule is C=CCC(NC(=O)OC(CCC)C(C)(C)C)c1cc(-c2c(N)cnn2C)ccn1. The number of anilines is 1. The number of ether oxygens (including phenoxy) is 1. The maximum atomic E-state index is 12.6. The number of aryl methyl sites for hydroxylation is 1. The summed E-state index contributed by atoms with van der Waals surface area (Å²) in [5, 5.41) is 7.14. The number of carbonyl (C=O) groups is 1. The zero-order valence-corrected chi connectivity index (χ0v) is 18.1. The number of pyridine rings is 1. The van der Waals surface area contributed by atoms with Crippen LogP contribution in [0.2, 0.25) is 0 Å². The standard InChI is InChI=1S/C22H33N5O2/c1-7-9-17(26-21(28)29-19(10-8-2)22(3,4)5)18-13-15(11-12-24-18)20-16(23)14-25-27(20)6/h7,11-14,17,19H,1,8-10,23H2,2-6H3,(H,26,28). The summed E-state index contributed by atoms with van der Waals surface area (Å²) in [4.78, 5) is 17.1. The lowest BCUT2D eigenvalue weighted by Gasteiger charge is -2.30. The van der Waals surface area contributed by atoms with E-state index in [0.29, 0.717) is 17.8 Å². The Balaban J connectivity index is 2.22. The molecule has 158 valence electrons. The van der Waals surface area contributed by atoms with Gasteiger partial charge in [-0.25, -0.2) is 4.79 Å². The molecule has 29 heavy (non-hydrogen) atoms. The van der Waals surface area contributed by atoms with Gasteiger partial charge in [0.2, 0.25) is 0 Å². The van der Waals surface area contributed by atoms with E-state index in [9.17, 15) is 4.79 Å². The van der Waals surface area contributed by atoms with Gasteiger partial charge < -0.3 is 15.8 Å². The van der Waals surface area contributed by atoms with Crippen LogP contribution >= 0.6 is 0 Å². The first kappa shape index (κ1) is 22.5. The summed E-state index contributed by atoms with van der Waals surface area (Å²) in [5.74, 6) is 0. The molecule has 0 aliphatic heterocycles. The molecule has 2 atom stereocenters. The minimum Gasteiger partial charge on any atom is -0.446 e. The molecule has 0 aromatic carbocycles. The quantitative estimate of drug-likeness (QED) is 0.631. The van der Waals surface area contributed by atoms with Crippen LogP contribution in [0.15, 0.2) is 37.2 Å². The Morgan fingerprint density at radius 3 is 2.72 bits per heavy atom. The number of carbonyl (C=O) groups excluding carboxylic acids is 1. The number of nitrogens with one attached hydrogen (secondary N) is 1. The fraction of sp³-hybridized carbons (Fsp3) is 0.500. The lowest BCUT2D eigenvalue weighted by atomic mass is 9.86. The van der Waals surface area contributed by atoms with Gasteiger partial charge in [0.15, 0.2) is 0 Å². The molecule has 1 amide bonds. The van der Waals surface area contributed by atoms with E-state index in [-0.39, 0.29) is 17.6 Å². The van der Waals surface area contributed by atoms with Gasteiger partial charge in [-0.05, 0) is 30.4 Å². The zero-order chi connectivity index (χ0) is 21.6. The summed E-state index contributed by atoms with van der Waals surface area (Å²) in [6, 6.07) is 3.43. The minimum atomic E-state index is -0.447. The van der Waals surface area contributed by atoms with E-state index in [2.05, 4.69) is 49.7 Å². The van der Waals surface area contributed by atoms with Gasteiger partial charge in [-0.15, -0.1) is 6.58 Å². The molecule has 0 saturated heterocycles. The summed E-state index contributed by atoms with van der Waals surface area (Å²) < 4.78 is 7.47. The van der Waals surface area contributed by atoms with Gasteiger partial charge in [-0.2, -0.15) is 5.10 Å². The van der Waals surface area contributed by atoms with E-state index in [0.717, 1.165) is 24.1 Å². The topological polar surface area (TPSA) is 95.1 Å². The lowest BCUT2D eigenvalue weighted by molar-refractivity contribution is 0.0239. The molecule has 2 unspecified atom stereocenters. The molecule has 2 aromatic heterocycles. The van der Waals surface area contributed by atoms with Crippen LogP contribution in [0.4, 0.5) is 10.5 Å². The molecular weight excluding hydrogens is 366 g/mol. The van der Waals surface area contributed by atoms with E-state index in [1.165, 1.54) is 0 Å². The van der Waals surface area contributed by atoms with Gasteiger partial charge in [0, 0.05) is 18.8 Å². The second-order valence-corrected chi connectivity index (χ2v) is 8.31. The third-order valence-electron chi connectivity index (χ3n) is 4.84. The molecule has 7 nitrogen and oxygen atoms in total. The third kappa shape index (κ3) is 5.82. The highest BCUT2D eigenvalue weighted by atomic mass is 16.6. The highest BCUT2D eigenvalue weighted by molar-refractivity contribution is 5.73. The first-order valence-corrected chi connectivity index (χ1v) is 9.99. The third-order valence-corrected chi connectivity index (χ3v) is 4.84. The molecule has 7 heteroatoms. The monoisotopic (exact) mass is 399 g/mol. The summed E-state index contributed by atoms with van der Waals surface area (Å²) in [6.45, 7) is 12.1. The Kier molecular flexibility index (Phi) is 7.42. The Bertz CT molecular complexity index is 818. The average molecular weight is 400 g/mol. The van der Waals surface area contributed by atoms with Crippen molar-refractivity contribution < 1.29 is 9.53 Å². The van der Waals surface area contributed by atoms with E-state index in [4.69, 9.17) is 10.5 Å². The van der Waals surface area contributed by atoms with Crippen molar-refractivity contribution in [2.24, 2.45) is 12.5 Å². The van der Waals surface area contributed by atoms with Crippen molar-refractivity contribution >= 4 is 11.8 Å². The Morgan fingerprint density at radius 2 is 2.17 bits per heavy atom. The van der Waals surface area contributed by atoms with Gasteiger partial charge in [0.25, 0.3) is 0 Å². The van der Waals surface area contributed by atoms with Crippen LogP contribution in [-0.4, -0.2) is 27.0 Å². The van der Waals surface area contributed by atoms with Crippen LogP contribution in [-0.2, 0) is 11.8 Å². The summed E-state index contributed by atoms with van der Waals surface area (Å²) in [5.41, 5.74) is 8.92. The van der Waals surface area contributed by atoms with Crippen molar-refractivity contribution in [3.63, 3.8) is 0 Å². The number of hydrogen-bond acceptors (Lipinski definition) is 5. The molecule has 0 spiro atoms. The summed E-state index contributed by atoms with van der Waals surface area (Å²) in [6.07, 6.45) is 6.76. The number of hydrogen-bond donors (Lipinski definition) is 2. The second kappa shape index (κ2) is 9.58. The molecule has 3 N–H and O–H groups in total. The molecule has 0 radical (unpaired) electrons. The number of rotatable bonds is 8. The number of aromatic nitrogens is 3. The second-order valence-electron chi connectivity index (χ2n) is 8.31. The predicted molar refractivity (Wildman–Crippen MR) is 116 cm³/mol. The molecule has 0 aliphatic carbocycles. The van der Waals surface area contributed by atoms with Crippen molar-refractivity contribution in [2.75, 3.05) is 5.73 Å². The normalized spacial score (nSPS) is 13.6. The molecule has 0 fully saturated rings. The highest BCUT2D eigenvalue weighted by Crippen LogP contribution is 2.28. The van der Waals surface area contributed by atoms with Gasteiger partial charge in [0.1, 0.15) is 6.10 Å². The molecule has 0 saturated carbocycles. The zero-order valence-electron chi connectivity index (χ0n) is 18.1. The van der Waals surface area contributed by atoms with Crippen molar-refractivity contribution in [1.29, 1.82) is 0 Å². The van der Waals surface area contributed by atoms with Crippen molar-refractivity contribution in [3.05, 3.63) is 42.9 Å². The first-order valence-electron chi connectivity index (χ1n) is 9.99. The highest BCUT2D eigenvalue weighted by Gasteiger charge is 2.28. The van der Waals surface area contributed by atoms with Crippen LogP contribution in [0.1, 0.15) is 58.7 Å². The lowest BCUT2D eigenvalue weighted by Crippen LogP contribution is -2.37. The van der Waals surface area contributed by atoms with E-state index < -0.39 is 6.09 Å². The number of nitrogens with two attached hydrogens (primary N) is 1. The maximum Gasteiger partial charge on any atom is 0.407 e. The number of alkyl carbamates (subject to hydrolysis) is 1. The van der Waals surface area contributed by atoms with Crippen molar-refractivity contribution in [2.45, 2.75) is 59.1 Å². The number of nitrogen functional groups attached to an aromatic ring is 1. The number of amides is 1.